The molecule has 0 spiro atoms. The van der Waals surface area contributed by atoms with Crippen molar-refractivity contribution in [3.05, 3.63) is 29.3 Å². The molecule has 4 heteroatoms. The van der Waals surface area contributed by atoms with Gasteiger partial charge in [0.15, 0.2) is 0 Å². The van der Waals surface area contributed by atoms with E-state index in [1.807, 2.05) is 25.1 Å². The van der Waals surface area contributed by atoms with Crippen LogP contribution in [0.1, 0.15) is 24.5 Å². The largest absolute Gasteiger partial charge is 0.369 e. The lowest BCUT2D eigenvalue weighted by molar-refractivity contribution is 0.156. The van der Waals surface area contributed by atoms with Crippen LogP contribution in [-0.4, -0.2) is 26.1 Å². The first kappa shape index (κ1) is 14.9. The summed E-state index contributed by atoms with van der Waals surface area (Å²) in [5.41, 5.74) is 9.05. The highest BCUT2D eigenvalue weighted by molar-refractivity contribution is 5.50. The highest BCUT2D eigenvalue weighted by Gasteiger charge is 2.10. The molecule has 0 aliphatic heterocycles. The number of benzene rings is 1. The lowest BCUT2D eigenvalue weighted by Gasteiger charge is -2.20. The minimum atomic E-state index is -2.32. The average molecular weight is 256 g/mol. The summed E-state index contributed by atoms with van der Waals surface area (Å²) in [4.78, 5) is 1.57. The molecule has 0 aromatic heterocycles. The smallest absolute Gasteiger partial charge is 0.255 e. The highest BCUT2D eigenvalue weighted by Crippen LogP contribution is 2.20. The Morgan fingerprint density at radius 3 is 2.50 bits per heavy atom. The van der Waals surface area contributed by atoms with Crippen molar-refractivity contribution in [3.8, 4) is 0 Å². The van der Waals surface area contributed by atoms with Crippen LogP contribution in [0.5, 0.6) is 0 Å². The standard InChI is InChI=1S/C14H22F2N2/c1-4-12(17)8-11-5-6-13(7-10(11)2)18(3)9-14(15)16/h5-7,12,14H,4,8-9,17H2,1-3H3. The molecule has 1 atom stereocenters. The minimum Gasteiger partial charge on any atom is -0.369 e. The molecule has 0 bridgehead atoms. The molecule has 0 saturated carbocycles. The molecule has 0 aliphatic carbocycles. The van der Waals surface area contributed by atoms with Crippen molar-refractivity contribution in [1.82, 2.24) is 0 Å². The fourth-order valence-corrected chi connectivity index (χ4v) is 1.89. The number of aryl methyl sites for hydroxylation is 1. The molecule has 2 N–H and O–H groups in total. The first-order valence-electron chi connectivity index (χ1n) is 6.28. The van der Waals surface area contributed by atoms with Gasteiger partial charge in [0.05, 0.1) is 6.54 Å². The zero-order valence-corrected chi connectivity index (χ0v) is 11.3. The summed E-state index contributed by atoms with van der Waals surface area (Å²) in [5.74, 6) is 0. The van der Waals surface area contributed by atoms with E-state index in [0.717, 1.165) is 24.1 Å². The van der Waals surface area contributed by atoms with Crippen LogP contribution >= 0.6 is 0 Å². The Hall–Kier alpha value is -1.16. The number of anilines is 1. The van der Waals surface area contributed by atoms with Crippen molar-refractivity contribution in [1.29, 1.82) is 0 Å². The van der Waals surface area contributed by atoms with Crippen molar-refractivity contribution in [2.45, 2.75) is 39.2 Å². The van der Waals surface area contributed by atoms with Crippen LogP contribution in [0.15, 0.2) is 18.2 Å². The van der Waals surface area contributed by atoms with Crippen LogP contribution in [0.3, 0.4) is 0 Å². The van der Waals surface area contributed by atoms with Gasteiger partial charge >= 0.3 is 0 Å². The van der Waals surface area contributed by atoms with Gasteiger partial charge in [-0.15, -0.1) is 0 Å². The summed E-state index contributed by atoms with van der Waals surface area (Å²) in [6, 6.07) is 5.98. The monoisotopic (exact) mass is 256 g/mol. The molecular weight excluding hydrogens is 234 g/mol. The number of alkyl halides is 2. The van der Waals surface area contributed by atoms with Crippen LogP contribution in [0, 0.1) is 6.92 Å². The van der Waals surface area contributed by atoms with Gasteiger partial charge in [0.1, 0.15) is 0 Å². The molecule has 0 aliphatic rings. The van der Waals surface area contributed by atoms with Crippen LogP contribution in [0.25, 0.3) is 0 Å². The number of nitrogens with two attached hydrogens (primary N) is 1. The van der Waals surface area contributed by atoms with Gasteiger partial charge in [-0.1, -0.05) is 13.0 Å². The third-order valence-electron chi connectivity index (χ3n) is 3.19. The molecule has 1 rings (SSSR count). The minimum absolute atomic E-state index is 0.161. The Labute approximate surface area is 108 Å². The first-order chi connectivity index (χ1) is 8.43. The summed E-state index contributed by atoms with van der Waals surface area (Å²) < 4.78 is 24.6. The number of rotatable bonds is 6. The lowest BCUT2D eigenvalue weighted by atomic mass is 9.99. The number of halogens is 2. The van der Waals surface area contributed by atoms with Gasteiger partial charge in [-0.05, 0) is 43.0 Å². The second-order valence-electron chi connectivity index (χ2n) is 4.75. The van der Waals surface area contributed by atoms with E-state index in [1.54, 1.807) is 11.9 Å². The Morgan fingerprint density at radius 2 is 2.00 bits per heavy atom. The molecule has 1 aromatic rings. The Bertz CT molecular complexity index is 380. The van der Waals surface area contributed by atoms with E-state index >= 15 is 0 Å². The fraction of sp³-hybridized carbons (Fsp3) is 0.571. The molecular formula is C14H22F2N2. The average Bonchev–Trinajstić information content (AvgIpc) is 2.30. The SMILES string of the molecule is CCC(N)Cc1ccc(N(C)CC(F)F)cc1C. The van der Waals surface area contributed by atoms with Crippen LogP contribution in [-0.2, 0) is 6.42 Å². The zero-order valence-electron chi connectivity index (χ0n) is 11.3. The maximum absolute atomic E-state index is 12.3. The van der Waals surface area contributed by atoms with E-state index in [-0.39, 0.29) is 12.6 Å². The zero-order chi connectivity index (χ0) is 13.7. The number of hydrogen-bond donors (Lipinski definition) is 1. The van der Waals surface area contributed by atoms with Gasteiger partial charge in [0, 0.05) is 18.8 Å². The molecule has 0 saturated heterocycles. The van der Waals surface area contributed by atoms with Gasteiger partial charge in [0.25, 0.3) is 6.43 Å². The van der Waals surface area contributed by atoms with Gasteiger partial charge in [-0.2, -0.15) is 0 Å². The van der Waals surface area contributed by atoms with Gasteiger partial charge in [0.2, 0.25) is 0 Å². The Morgan fingerprint density at radius 1 is 1.33 bits per heavy atom. The van der Waals surface area contributed by atoms with E-state index < -0.39 is 6.43 Å². The molecule has 102 valence electrons. The number of hydrogen-bond acceptors (Lipinski definition) is 2. The van der Waals surface area contributed by atoms with Gasteiger partial charge < -0.3 is 10.6 Å². The number of nitrogens with zero attached hydrogens (tertiary/aromatic N) is 1. The predicted octanol–water partition coefficient (Wildman–Crippen LogP) is 2.98. The second-order valence-corrected chi connectivity index (χ2v) is 4.75. The molecule has 0 amide bonds. The molecule has 1 aromatic carbocycles. The molecule has 0 fully saturated rings. The van der Waals surface area contributed by atoms with Crippen LogP contribution < -0.4 is 10.6 Å². The summed E-state index contributed by atoms with van der Waals surface area (Å²) in [6.07, 6.45) is -0.545. The lowest BCUT2D eigenvalue weighted by Crippen LogP contribution is -2.24. The summed E-state index contributed by atoms with van der Waals surface area (Å²) in [6.45, 7) is 3.81. The quantitative estimate of drug-likeness (QED) is 0.848. The van der Waals surface area contributed by atoms with Gasteiger partial charge in [-0.25, -0.2) is 8.78 Å². The third kappa shape index (κ3) is 4.26. The van der Waals surface area contributed by atoms with E-state index in [2.05, 4.69) is 6.92 Å². The predicted molar refractivity (Wildman–Crippen MR) is 72.4 cm³/mol. The van der Waals surface area contributed by atoms with Crippen LogP contribution in [0.4, 0.5) is 14.5 Å². The summed E-state index contributed by atoms with van der Waals surface area (Å²) in [7, 11) is 1.68. The van der Waals surface area contributed by atoms with Gasteiger partial charge in [-0.3, -0.25) is 0 Å². The highest BCUT2D eigenvalue weighted by atomic mass is 19.3. The van der Waals surface area contributed by atoms with Crippen LogP contribution in [0.2, 0.25) is 0 Å². The van der Waals surface area contributed by atoms with Crippen molar-refractivity contribution < 1.29 is 8.78 Å². The van der Waals surface area contributed by atoms with Crippen molar-refractivity contribution in [2.75, 3.05) is 18.5 Å². The van der Waals surface area contributed by atoms with E-state index in [4.69, 9.17) is 5.73 Å². The normalized spacial score (nSPS) is 12.8. The maximum atomic E-state index is 12.3. The van der Waals surface area contributed by atoms with E-state index in [1.165, 1.54) is 5.56 Å². The molecule has 1 unspecified atom stereocenters. The third-order valence-corrected chi connectivity index (χ3v) is 3.19. The van der Waals surface area contributed by atoms with Crippen molar-refractivity contribution in [3.63, 3.8) is 0 Å². The molecule has 0 radical (unpaired) electrons. The molecule has 2 nitrogen and oxygen atoms in total. The first-order valence-corrected chi connectivity index (χ1v) is 6.28. The summed E-state index contributed by atoms with van der Waals surface area (Å²) in [5, 5.41) is 0. The molecule has 0 heterocycles. The fourth-order valence-electron chi connectivity index (χ4n) is 1.89. The topological polar surface area (TPSA) is 29.3 Å². The maximum Gasteiger partial charge on any atom is 0.255 e. The van der Waals surface area contributed by atoms with Crippen molar-refractivity contribution in [2.24, 2.45) is 5.73 Å². The molecule has 18 heavy (non-hydrogen) atoms. The Balaban J connectivity index is 2.78. The van der Waals surface area contributed by atoms with E-state index in [9.17, 15) is 8.78 Å². The van der Waals surface area contributed by atoms with E-state index in [0.29, 0.717) is 0 Å². The Kier molecular flexibility index (Phi) is 5.54. The summed E-state index contributed by atoms with van der Waals surface area (Å²) >= 11 is 0. The second kappa shape index (κ2) is 6.69. The van der Waals surface area contributed by atoms with Crippen molar-refractivity contribution >= 4 is 5.69 Å².